The predicted octanol–water partition coefficient (Wildman–Crippen LogP) is 4.42. The Morgan fingerprint density at radius 1 is 1.33 bits per heavy atom. The minimum atomic E-state index is -0.332. The van der Waals surface area contributed by atoms with Crippen LogP contribution in [-0.4, -0.2) is 6.61 Å². The summed E-state index contributed by atoms with van der Waals surface area (Å²) in [4.78, 5) is 0. The molecular weight excluding hydrogens is 357 g/mol. The first kappa shape index (κ1) is 14.8. The lowest BCUT2D eigenvalue weighted by atomic mass is 9.97. The number of nitrogens with two attached hydrogens (primary N) is 1. The van der Waals surface area contributed by atoms with Crippen molar-refractivity contribution in [3.63, 3.8) is 0 Å². The Hall–Kier alpha value is -1.10. The largest absolute Gasteiger partial charge is 0.493 e. The van der Waals surface area contributed by atoms with E-state index in [0.29, 0.717) is 18.1 Å². The zero-order chi connectivity index (χ0) is 15.0. The molecule has 2 aromatic rings. The summed E-state index contributed by atoms with van der Waals surface area (Å²) in [6.45, 7) is 0.668. The molecule has 2 N–H and O–H groups in total. The van der Waals surface area contributed by atoms with Crippen LogP contribution in [0.4, 0.5) is 4.39 Å². The number of halogens is 3. The lowest BCUT2D eigenvalue weighted by molar-refractivity contribution is 0.352. The van der Waals surface area contributed by atoms with Gasteiger partial charge in [-0.2, -0.15) is 0 Å². The molecule has 5 heteroatoms. The minimum absolute atomic E-state index is 0.295. The van der Waals surface area contributed by atoms with Gasteiger partial charge >= 0.3 is 0 Å². The number of benzene rings is 2. The Morgan fingerprint density at radius 2 is 2.14 bits per heavy atom. The second-order valence-corrected chi connectivity index (χ2v) is 6.42. The van der Waals surface area contributed by atoms with Crippen LogP contribution in [0.1, 0.15) is 22.7 Å². The van der Waals surface area contributed by atoms with E-state index in [1.165, 1.54) is 12.1 Å². The molecule has 1 unspecified atom stereocenters. The van der Waals surface area contributed by atoms with Gasteiger partial charge in [-0.15, -0.1) is 0 Å². The molecule has 0 saturated carbocycles. The number of hydrogen-bond acceptors (Lipinski definition) is 2. The normalized spacial score (nSPS) is 14.7. The van der Waals surface area contributed by atoms with E-state index in [0.717, 1.165) is 33.3 Å². The summed E-state index contributed by atoms with van der Waals surface area (Å²) in [5, 5.41) is 0.680. The zero-order valence-corrected chi connectivity index (χ0v) is 13.5. The number of ether oxygens (including phenoxy) is 1. The van der Waals surface area contributed by atoms with Crippen molar-refractivity contribution >= 4 is 27.5 Å². The first-order chi connectivity index (χ1) is 10.0. The van der Waals surface area contributed by atoms with Gasteiger partial charge in [-0.25, -0.2) is 4.39 Å². The molecule has 0 radical (unpaired) electrons. The van der Waals surface area contributed by atoms with Crippen LogP contribution in [0.15, 0.2) is 34.8 Å². The maximum absolute atomic E-state index is 13.4. The van der Waals surface area contributed by atoms with Crippen LogP contribution in [0.3, 0.4) is 0 Å². The highest BCUT2D eigenvalue weighted by Crippen LogP contribution is 2.35. The first-order valence-electron chi connectivity index (χ1n) is 6.69. The molecule has 0 aliphatic carbocycles. The third-order valence-corrected chi connectivity index (χ3v) is 4.56. The highest BCUT2D eigenvalue weighted by Gasteiger charge is 2.20. The standard InChI is InChI=1S/C16H14BrClFNO/c17-14-2-1-12(19)8-13(14)15(20)7-10-6-11(18)5-9-3-4-21-16(9)10/h1-2,5-6,8,15H,3-4,7,20H2. The molecule has 1 heterocycles. The van der Waals surface area contributed by atoms with E-state index in [1.54, 1.807) is 6.07 Å². The SMILES string of the molecule is NC(Cc1cc(Cl)cc2c1OCC2)c1cc(F)ccc1Br. The van der Waals surface area contributed by atoms with Gasteiger partial charge in [-0.05, 0) is 53.4 Å². The van der Waals surface area contributed by atoms with E-state index >= 15 is 0 Å². The summed E-state index contributed by atoms with van der Waals surface area (Å²) in [5.74, 6) is 0.582. The lowest BCUT2D eigenvalue weighted by Crippen LogP contribution is -2.15. The van der Waals surface area contributed by atoms with Gasteiger partial charge in [0.1, 0.15) is 11.6 Å². The van der Waals surface area contributed by atoms with Crippen molar-refractivity contribution in [3.8, 4) is 5.75 Å². The second kappa shape index (κ2) is 5.95. The average molecular weight is 371 g/mol. The Kier molecular flexibility index (Phi) is 4.20. The van der Waals surface area contributed by atoms with Crippen molar-refractivity contribution in [2.75, 3.05) is 6.61 Å². The summed E-state index contributed by atoms with van der Waals surface area (Å²) in [6, 6.07) is 8.00. The van der Waals surface area contributed by atoms with Crippen LogP contribution in [0.2, 0.25) is 5.02 Å². The fourth-order valence-corrected chi connectivity index (χ4v) is 3.45. The molecule has 1 atom stereocenters. The van der Waals surface area contributed by atoms with Gasteiger partial charge in [-0.3, -0.25) is 0 Å². The average Bonchev–Trinajstić information content (AvgIpc) is 2.89. The predicted molar refractivity (Wildman–Crippen MR) is 85.4 cm³/mol. The van der Waals surface area contributed by atoms with Crippen LogP contribution in [0, 0.1) is 5.82 Å². The van der Waals surface area contributed by atoms with Crippen molar-refractivity contribution in [1.29, 1.82) is 0 Å². The van der Waals surface area contributed by atoms with E-state index < -0.39 is 0 Å². The summed E-state index contributed by atoms with van der Waals surface area (Å²) in [6.07, 6.45) is 1.41. The Bertz CT molecular complexity index is 692. The van der Waals surface area contributed by atoms with Crippen molar-refractivity contribution in [2.24, 2.45) is 5.73 Å². The maximum Gasteiger partial charge on any atom is 0.125 e. The van der Waals surface area contributed by atoms with Crippen LogP contribution >= 0.6 is 27.5 Å². The molecule has 2 aromatic carbocycles. The van der Waals surface area contributed by atoms with Gasteiger partial charge in [-0.1, -0.05) is 27.5 Å². The van der Waals surface area contributed by atoms with Gasteiger partial charge in [0.05, 0.1) is 6.61 Å². The highest BCUT2D eigenvalue weighted by molar-refractivity contribution is 9.10. The smallest absolute Gasteiger partial charge is 0.125 e. The molecule has 0 spiro atoms. The summed E-state index contributed by atoms with van der Waals surface area (Å²) in [7, 11) is 0. The molecule has 0 amide bonds. The highest BCUT2D eigenvalue weighted by atomic mass is 79.9. The molecule has 0 fully saturated rings. The lowest BCUT2D eigenvalue weighted by Gasteiger charge is -2.16. The molecular formula is C16H14BrClFNO. The molecule has 0 saturated heterocycles. The van der Waals surface area contributed by atoms with Gasteiger partial charge in [0.25, 0.3) is 0 Å². The van der Waals surface area contributed by atoms with Gasteiger partial charge in [0.15, 0.2) is 0 Å². The van der Waals surface area contributed by atoms with Gasteiger partial charge in [0, 0.05) is 22.0 Å². The second-order valence-electron chi connectivity index (χ2n) is 5.13. The van der Waals surface area contributed by atoms with Crippen molar-refractivity contribution in [2.45, 2.75) is 18.9 Å². The third kappa shape index (κ3) is 3.07. The summed E-state index contributed by atoms with van der Waals surface area (Å²) >= 11 is 9.57. The Morgan fingerprint density at radius 3 is 2.95 bits per heavy atom. The molecule has 0 aromatic heterocycles. The molecule has 3 rings (SSSR count). The number of fused-ring (bicyclic) bond motifs is 1. The van der Waals surface area contributed by atoms with Crippen LogP contribution in [0.25, 0.3) is 0 Å². The van der Waals surface area contributed by atoms with Crippen LogP contribution in [0.5, 0.6) is 5.75 Å². The number of hydrogen-bond donors (Lipinski definition) is 1. The van der Waals surface area contributed by atoms with Crippen LogP contribution < -0.4 is 10.5 Å². The van der Waals surface area contributed by atoms with Gasteiger partial charge in [0.2, 0.25) is 0 Å². The Labute approximate surface area is 136 Å². The van der Waals surface area contributed by atoms with E-state index in [2.05, 4.69) is 15.9 Å². The molecule has 1 aliphatic heterocycles. The molecule has 1 aliphatic rings. The fourth-order valence-electron chi connectivity index (χ4n) is 2.64. The van der Waals surface area contributed by atoms with Crippen LogP contribution in [-0.2, 0) is 12.8 Å². The third-order valence-electron chi connectivity index (χ3n) is 3.62. The van der Waals surface area contributed by atoms with E-state index in [-0.39, 0.29) is 11.9 Å². The van der Waals surface area contributed by atoms with Gasteiger partial charge < -0.3 is 10.5 Å². The van der Waals surface area contributed by atoms with E-state index in [1.807, 2.05) is 12.1 Å². The molecule has 0 bridgehead atoms. The molecule has 2 nitrogen and oxygen atoms in total. The minimum Gasteiger partial charge on any atom is -0.493 e. The zero-order valence-electron chi connectivity index (χ0n) is 11.2. The molecule has 21 heavy (non-hydrogen) atoms. The summed E-state index contributed by atoms with van der Waals surface area (Å²) in [5.41, 5.74) is 9.07. The Balaban J connectivity index is 1.92. The van der Waals surface area contributed by atoms with Crippen molar-refractivity contribution < 1.29 is 9.13 Å². The quantitative estimate of drug-likeness (QED) is 0.868. The maximum atomic E-state index is 13.4. The monoisotopic (exact) mass is 369 g/mol. The molecule has 110 valence electrons. The van der Waals surface area contributed by atoms with E-state index in [9.17, 15) is 4.39 Å². The fraction of sp³-hybridized carbons (Fsp3) is 0.250. The van der Waals surface area contributed by atoms with Crippen molar-refractivity contribution in [3.05, 3.63) is 62.3 Å². The van der Waals surface area contributed by atoms with E-state index in [4.69, 9.17) is 22.1 Å². The topological polar surface area (TPSA) is 35.2 Å². The van der Waals surface area contributed by atoms with Crippen molar-refractivity contribution in [1.82, 2.24) is 0 Å². The summed E-state index contributed by atoms with van der Waals surface area (Å²) < 4.78 is 19.9. The first-order valence-corrected chi connectivity index (χ1v) is 7.86. The number of rotatable bonds is 3.